The Labute approximate surface area is 118 Å². The Morgan fingerprint density at radius 2 is 2.05 bits per heavy atom. The summed E-state index contributed by atoms with van der Waals surface area (Å²) in [6.45, 7) is 2.62. The molecule has 2 rings (SSSR count). The van der Waals surface area contributed by atoms with E-state index in [2.05, 4.69) is 15.3 Å². The van der Waals surface area contributed by atoms with Gasteiger partial charge in [0.25, 0.3) is 5.91 Å². The number of hydrogen-bond donors (Lipinski definition) is 1. The van der Waals surface area contributed by atoms with Crippen LogP contribution in [0.15, 0.2) is 36.7 Å². The number of aryl methyl sites for hydroxylation is 1. The quantitative estimate of drug-likeness (QED) is 0.924. The molecule has 2 heterocycles. The van der Waals surface area contributed by atoms with Crippen molar-refractivity contribution in [3.8, 4) is 0 Å². The van der Waals surface area contributed by atoms with Crippen LogP contribution in [0.2, 0.25) is 0 Å². The van der Waals surface area contributed by atoms with E-state index < -0.39 is 0 Å². The van der Waals surface area contributed by atoms with Gasteiger partial charge in [0.05, 0.1) is 0 Å². The maximum absolute atomic E-state index is 11.8. The molecule has 0 unspecified atom stereocenters. The van der Waals surface area contributed by atoms with E-state index in [9.17, 15) is 4.79 Å². The number of anilines is 1. The first-order valence-electron chi connectivity index (χ1n) is 6.39. The number of hydrogen-bond acceptors (Lipinski definition) is 4. The van der Waals surface area contributed by atoms with E-state index in [4.69, 9.17) is 0 Å². The van der Waals surface area contributed by atoms with Gasteiger partial charge in [-0.05, 0) is 30.7 Å². The minimum Gasteiger partial charge on any atom is -0.381 e. The molecule has 1 N–H and O–H groups in total. The first kappa shape index (κ1) is 14.0. The highest BCUT2D eigenvalue weighted by molar-refractivity contribution is 5.92. The number of rotatable bonds is 4. The average molecular weight is 270 g/mol. The average Bonchev–Trinajstić information content (AvgIpc) is 2.46. The lowest BCUT2D eigenvalue weighted by Gasteiger charge is -2.11. The maximum atomic E-state index is 11.8. The van der Waals surface area contributed by atoms with E-state index in [0.29, 0.717) is 12.2 Å². The lowest BCUT2D eigenvalue weighted by atomic mass is 10.2. The molecule has 5 heteroatoms. The predicted molar refractivity (Wildman–Crippen MR) is 78.6 cm³/mol. The van der Waals surface area contributed by atoms with Crippen molar-refractivity contribution in [1.82, 2.24) is 14.9 Å². The van der Waals surface area contributed by atoms with Gasteiger partial charge >= 0.3 is 0 Å². The van der Waals surface area contributed by atoms with Crippen LogP contribution < -0.4 is 5.32 Å². The van der Waals surface area contributed by atoms with Crippen LogP contribution in [0.5, 0.6) is 0 Å². The molecule has 0 saturated carbocycles. The largest absolute Gasteiger partial charge is 0.381 e. The van der Waals surface area contributed by atoms with Gasteiger partial charge in [-0.25, -0.2) is 0 Å². The molecule has 2 aromatic heterocycles. The third kappa shape index (κ3) is 3.54. The molecule has 5 nitrogen and oxygen atoms in total. The van der Waals surface area contributed by atoms with Crippen molar-refractivity contribution in [2.75, 3.05) is 19.4 Å². The van der Waals surface area contributed by atoms with E-state index in [1.54, 1.807) is 26.4 Å². The van der Waals surface area contributed by atoms with Gasteiger partial charge in [-0.1, -0.05) is 6.07 Å². The Balaban J connectivity index is 2.05. The standard InChI is InChI=1S/C15H18N4O/c1-11-4-5-12(9-17-11)10-18-13-6-7-16-14(8-13)15(20)19(2)3/h4-9H,10H2,1-3H3,(H,16,18). The molecule has 0 aliphatic heterocycles. The van der Waals surface area contributed by atoms with Crippen LogP contribution >= 0.6 is 0 Å². The van der Waals surface area contributed by atoms with Crippen molar-refractivity contribution < 1.29 is 4.79 Å². The van der Waals surface area contributed by atoms with Gasteiger partial charge in [-0.15, -0.1) is 0 Å². The molecule has 0 atom stereocenters. The molecule has 20 heavy (non-hydrogen) atoms. The molecule has 0 saturated heterocycles. The molecule has 0 aliphatic rings. The van der Waals surface area contributed by atoms with Gasteiger partial charge in [0.2, 0.25) is 0 Å². The molecule has 0 spiro atoms. The minimum atomic E-state index is -0.106. The highest BCUT2D eigenvalue weighted by atomic mass is 16.2. The normalized spacial score (nSPS) is 10.2. The summed E-state index contributed by atoms with van der Waals surface area (Å²) in [5.74, 6) is -0.106. The fourth-order valence-electron chi connectivity index (χ4n) is 1.69. The number of pyridine rings is 2. The first-order chi connectivity index (χ1) is 9.56. The van der Waals surface area contributed by atoms with Crippen molar-refractivity contribution in [2.24, 2.45) is 0 Å². The van der Waals surface area contributed by atoms with Crippen molar-refractivity contribution in [1.29, 1.82) is 0 Å². The molecule has 0 aliphatic carbocycles. The van der Waals surface area contributed by atoms with E-state index in [1.807, 2.05) is 31.3 Å². The van der Waals surface area contributed by atoms with E-state index in [0.717, 1.165) is 16.9 Å². The van der Waals surface area contributed by atoms with Crippen molar-refractivity contribution >= 4 is 11.6 Å². The Bertz CT molecular complexity index is 593. The van der Waals surface area contributed by atoms with Gasteiger partial charge in [-0.3, -0.25) is 14.8 Å². The number of nitrogens with one attached hydrogen (secondary N) is 1. The number of carbonyl (C=O) groups excluding carboxylic acids is 1. The number of amides is 1. The van der Waals surface area contributed by atoms with Gasteiger partial charge < -0.3 is 10.2 Å². The molecule has 1 amide bonds. The van der Waals surface area contributed by atoms with Crippen LogP contribution in [-0.4, -0.2) is 34.9 Å². The fourth-order valence-corrected chi connectivity index (χ4v) is 1.69. The Morgan fingerprint density at radius 1 is 1.25 bits per heavy atom. The lowest BCUT2D eigenvalue weighted by Crippen LogP contribution is -2.22. The van der Waals surface area contributed by atoms with Crippen LogP contribution in [0.4, 0.5) is 5.69 Å². The summed E-state index contributed by atoms with van der Waals surface area (Å²) in [5.41, 5.74) is 3.39. The van der Waals surface area contributed by atoms with Gasteiger partial charge in [-0.2, -0.15) is 0 Å². The highest BCUT2D eigenvalue weighted by Gasteiger charge is 2.09. The summed E-state index contributed by atoms with van der Waals surface area (Å²) in [5, 5.41) is 3.26. The summed E-state index contributed by atoms with van der Waals surface area (Å²) >= 11 is 0. The molecule has 2 aromatic rings. The highest BCUT2D eigenvalue weighted by Crippen LogP contribution is 2.11. The van der Waals surface area contributed by atoms with Crippen molar-refractivity contribution in [3.63, 3.8) is 0 Å². The molecule has 104 valence electrons. The smallest absolute Gasteiger partial charge is 0.272 e. The van der Waals surface area contributed by atoms with Crippen molar-refractivity contribution in [3.05, 3.63) is 53.6 Å². The van der Waals surface area contributed by atoms with Crippen LogP contribution in [0.3, 0.4) is 0 Å². The summed E-state index contributed by atoms with van der Waals surface area (Å²) in [4.78, 5) is 21.7. The van der Waals surface area contributed by atoms with Gasteiger partial charge in [0, 0.05) is 44.4 Å². The summed E-state index contributed by atoms with van der Waals surface area (Å²) in [6.07, 6.45) is 3.47. The summed E-state index contributed by atoms with van der Waals surface area (Å²) in [7, 11) is 3.42. The number of nitrogens with zero attached hydrogens (tertiary/aromatic N) is 3. The van der Waals surface area contributed by atoms with E-state index >= 15 is 0 Å². The minimum absolute atomic E-state index is 0.106. The zero-order valence-electron chi connectivity index (χ0n) is 11.9. The van der Waals surface area contributed by atoms with E-state index in [1.165, 1.54) is 4.90 Å². The Hall–Kier alpha value is -2.43. The molecule has 0 fully saturated rings. The fraction of sp³-hybridized carbons (Fsp3) is 0.267. The van der Waals surface area contributed by atoms with Crippen LogP contribution in [0.1, 0.15) is 21.7 Å². The molecular weight excluding hydrogens is 252 g/mol. The zero-order chi connectivity index (χ0) is 14.5. The maximum Gasteiger partial charge on any atom is 0.272 e. The third-order valence-electron chi connectivity index (χ3n) is 2.85. The SMILES string of the molecule is Cc1ccc(CNc2ccnc(C(=O)N(C)C)c2)cn1. The Morgan fingerprint density at radius 3 is 2.70 bits per heavy atom. The second-order valence-corrected chi connectivity index (χ2v) is 4.79. The van der Waals surface area contributed by atoms with E-state index in [-0.39, 0.29) is 5.91 Å². The summed E-state index contributed by atoms with van der Waals surface area (Å²) in [6, 6.07) is 7.60. The van der Waals surface area contributed by atoms with Crippen LogP contribution in [-0.2, 0) is 6.54 Å². The second-order valence-electron chi connectivity index (χ2n) is 4.79. The molecular formula is C15H18N4O. The molecule has 0 radical (unpaired) electrons. The Kier molecular flexibility index (Phi) is 4.30. The van der Waals surface area contributed by atoms with Crippen LogP contribution in [0.25, 0.3) is 0 Å². The second kappa shape index (κ2) is 6.14. The summed E-state index contributed by atoms with van der Waals surface area (Å²) < 4.78 is 0. The zero-order valence-corrected chi connectivity index (χ0v) is 11.9. The predicted octanol–water partition coefficient (Wildman–Crippen LogP) is 2.10. The van der Waals surface area contributed by atoms with Gasteiger partial charge in [0.1, 0.15) is 5.69 Å². The molecule has 0 aromatic carbocycles. The van der Waals surface area contributed by atoms with Crippen LogP contribution in [0, 0.1) is 6.92 Å². The van der Waals surface area contributed by atoms with Gasteiger partial charge in [0.15, 0.2) is 0 Å². The lowest BCUT2D eigenvalue weighted by molar-refractivity contribution is 0.0822. The topological polar surface area (TPSA) is 58.1 Å². The molecule has 0 bridgehead atoms. The third-order valence-corrected chi connectivity index (χ3v) is 2.85. The van der Waals surface area contributed by atoms with Crippen molar-refractivity contribution in [2.45, 2.75) is 13.5 Å². The number of aromatic nitrogens is 2. The monoisotopic (exact) mass is 270 g/mol. The first-order valence-corrected chi connectivity index (χ1v) is 6.39. The number of carbonyl (C=O) groups is 1.